The lowest BCUT2D eigenvalue weighted by Gasteiger charge is -2.11. The van der Waals surface area contributed by atoms with Gasteiger partial charge in [-0.05, 0) is 36.8 Å². The molecule has 0 saturated carbocycles. The van der Waals surface area contributed by atoms with E-state index in [1.165, 1.54) is 6.07 Å². The molecule has 0 radical (unpaired) electrons. The Morgan fingerprint density at radius 3 is 2.53 bits per heavy atom. The molecular weight excluding hydrogens is 272 g/mol. The van der Waals surface area contributed by atoms with E-state index in [9.17, 15) is 8.78 Å². The maximum Gasteiger partial charge on any atom is 0.165 e. The first-order chi connectivity index (χ1) is 8.97. The normalized spacial score (nSPS) is 12.3. The van der Waals surface area contributed by atoms with Crippen LogP contribution in [0.4, 0.5) is 8.78 Å². The minimum Gasteiger partial charge on any atom is -0.454 e. The van der Waals surface area contributed by atoms with Gasteiger partial charge in [-0.1, -0.05) is 17.7 Å². The maximum atomic E-state index is 13.4. The van der Waals surface area contributed by atoms with Gasteiger partial charge in [-0.25, -0.2) is 8.78 Å². The third-order valence-electron chi connectivity index (χ3n) is 2.58. The molecule has 2 aromatic carbocycles. The second kappa shape index (κ2) is 5.55. The molecular formula is C14H12ClF2NO. The van der Waals surface area contributed by atoms with E-state index >= 15 is 0 Å². The summed E-state index contributed by atoms with van der Waals surface area (Å²) in [6.45, 7) is 1.80. The van der Waals surface area contributed by atoms with Crippen molar-refractivity contribution < 1.29 is 13.5 Å². The van der Waals surface area contributed by atoms with Crippen LogP contribution in [0.3, 0.4) is 0 Å². The molecule has 0 saturated heterocycles. The number of hydrogen-bond acceptors (Lipinski definition) is 2. The van der Waals surface area contributed by atoms with Crippen LogP contribution in [0.5, 0.6) is 11.5 Å². The first kappa shape index (κ1) is 13.8. The van der Waals surface area contributed by atoms with Gasteiger partial charge in [0.05, 0.1) is 0 Å². The molecule has 2 N–H and O–H groups in total. The first-order valence-corrected chi connectivity index (χ1v) is 6.03. The average molecular weight is 284 g/mol. The Hall–Kier alpha value is -1.65. The summed E-state index contributed by atoms with van der Waals surface area (Å²) < 4.78 is 31.7. The molecule has 0 aliphatic carbocycles. The van der Waals surface area contributed by atoms with Crippen molar-refractivity contribution in [2.75, 3.05) is 0 Å². The Kier molecular flexibility index (Phi) is 4.02. The summed E-state index contributed by atoms with van der Waals surface area (Å²) in [4.78, 5) is 0. The fraction of sp³-hybridized carbons (Fsp3) is 0.143. The molecule has 2 rings (SSSR count). The predicted molar refractivity (Wildman–Crippen MR) is 70.5 cm³/mol. The highest BCUT2D eigenvalue weighted by Crippen LogP contribution is 2.30. The van der Waals surface area contributed by atoms with Crippen molar-refractivity contribution in [1.82, 2.24) is 0 Å². The van der Waals surface area contributed by atoms with Gasteiger partial charge in [0, 0.05) is 17.1 Å². The highest BCUT2D eigenvalue weighted by Gasteiger charge is 2.10. The zero-order chi connectivity index (χ0) is 14.0. The van der Waals surface area contributed by atoms with Gasteiger partial charge in [-0.2, -0.15) is 0 Å². The third-order valence-corrected chi connectivity index (χ3v) is 2.91. The van der Waals surface area contributed by atoms with Gasteiger partial charge in [0.15, 0.2) is 11.6 Å². The summed E-state index contributed by atoms with van der Waals surface area (Å²) in [6.07, 6.45) is 0. The first-order valence-electron chi connectivity index (χ1n) is 5.65. The van der Waals surface area contributed by atoms with E-state index in [-0.39, 0.29) is 11.8 Å². The molecule has 0 aliphatic rings. The minimum atomic E-state index is -0.645. The quantitative estimate of drug-likeness (QED) is 0.904. The second-order valence-corrected chi connectivity index (χ2v) is 4.56. The highest BCUT2D eigenvalue weighted by molar-refractivity contribution is 6.31. The molecule has 0 bridgehead atoms. The Bertz CT molecular complexity index is 602. The summed E-state index contributed by atoms with van der Waals surface area (Å²) >= 11 is 6.03. The molecule has 19 heavy (non-hydrogen) atoms. The zero-order valence-corrected chi connectivity index (χ0v) is 10.9. The SMILES string of the molecule is CC(N)c1ccc(Oc2cc(F)ccc2F)cc1Cl. The van der Waals surface area contributed by atoms with Crippen molar-refractivity contribution in [2.45, 2.75) is 13.0 Å². The van der Waals surface area contributed by atoms with Crippen LogP contribution in [0, 0.1) is 11.6 Å². The molecule has 2 nitrogen and oxygen atoms in total. The number of halogens is 3. The smallest absolute Gasteiger partial charge is 0.165 e. The van der Waals surface area contributed by atoms with Gasteiger partial charge in [0.2, 0.25) is 0 Å². The Morgan fingerprint density at radius 2 is 1.89 bits per heavy atom. The highest BCUT2D eigenvalue weighted by atomic mass is 35.5. The lowest BCUT2D eigenvalue weighted by molar-refractivity contribution is 0.436. The third kappa shape index (κ3) is 3.22. The fourth-order valence-electron chi connectivity index (χ4n) is 1.62. The molecule has 100 valence electrons. The molecule has 0 aromatic heterocycles. The molecule has 0 heterocycles. The van der Waals surface area contributed by atoms with E-state index in [4.69, 9.17) is 22.1 Å². The Morgan fingerprint density at radius 1 is 1.16 bits per heavy atom. The van der Waals surface area contributed by atoms with Crippen LogP contribution in [0.2, 0.25) is 5.02 Å². The summed E-state index contributed by atoms with van der Waals surface area (Å²) in [5, 5.41) is 0.421. The van der Waals surface area contributed by atoms with E-state index in [1.54, 1.807) is 19.1 Å². The van der Waals surface area contributed by atoms with Gasteiger partial charge in [-0.15, -0.1) is 0 Å². The second-order valence-electron chi connectivity index (χ2n) is 4.15. The van der Waals surface area contributed by atoms with Crippen molar-refractivity contribution >= 4 is 11.6 Å². The monoisotopic (exact) mass is 283 g/mol. The van der Waals surface area contributed by atoms with Crippen molar-refractivity contribution in [2.24, 2.45) is 5.73 Å². The van der Waals surface area contributed by atoms with Gasteiger partial charge in [0.1, 0.15) is 11.6 Å². The zero-order valence-electron chi connectivity index (χ0n) is 10.2. The van der Waals surface area contributed by atoms with Crippen LogP contribution in [-0.2, 0) is 0 Å². The Balaban J connectivity index is 2.29. The lowest BCUT2D eigenvalue weighted by Crippen LogP contribution is -2.05. The van der Waals surface area contributed by atoms with E-state index in [1.807, 2.05) is 0 Å². The summed E-state index contributed by atoms with van der Waals surface area (Å²) in [5.74, 6) is -1.09. The van der Waals surface area contributed by atoms with E-state index in [2.05, 4.69) is 0 Å². The maximum absolute atomic E-state index is 13.4. The van der Waals surface area contributed by atoms with E-state index < -0.39 is 11.6 Å². The summed E-state index contributed by atoms with van der Waals surface area (Å²) in [5.41, 5.74) is 6.48. The number of benzene rings is 2. The van der Waals surface area contributed by atoms with Gasteiger partial charge < -0.3 is 10.5 Å². The molecule has 0 fully saturated rings. The van der Waals surface area contributed by atoms with Crippen LogP contribution >= 0.6 is 11.6 Å². The van der Waals surface area contributed by atoms with Gasteiger partial charge >= 0.3 is 0 Å². The van der Waals surface area contributed by atoms with Crippen LogP contribution in [0.1, 0.15) is 18.5 Å². The molecule has 0 aliphatic heterocycles. The number of rotatable bonds is 3. The van der Waals surface area contributed by atoms with Crippen LogP contribution in [0.25, 0.3) is 0 Å². The van der Waals surface area contributed by atoms with Gasteiger partial charge in [0.25, 0.3) is 0 Å². The standard InChI is InChI=1S/C14H12ClF2NO/c1-8(18)11-4-3-10(7-12(11)15)19-14-6-9(16)2-5-13(14)17/h2-8H,18H2,1H3. The molecule has 1 unspecified atom stereocenters. The lowest BCUT2D eigenvalue weighted by atomic mass is 10.1. The molecule has 0 amide bonds. The van der Waals surface area contributed by atoms with E-state index in [0.717, 1.165) is 23.8 Å². The fourth-order valence-corrected chi connectivity index (χ4v) is 1.97. The Labute approximate surface area is 114 Å². The van der Waals surface area contributed by atoms with Crippen LogP contribution in [-0.4, -0.2) is 0 Å². The number of ether oxygens (including phenoxy) is 1. The van der Waals surface area contributed by atoms with Crippen molar-refractivity contribution in [3.8, 4) is 11.5 Å². The van der Waals surface area contributed by atoms with Crippen molar-refractivity contribution in [3.63, 3.8) is 0 Å². The van der Waals surface area contributed by atoms with Crippen LogP contribution < -0.4 is 10.5 Å². The molecule has 0 spiro atoms. The predicted octanol–water partition coefficient (Wildman–Crippen LogP) is 4.43. The topological polar surface area (TPSA) is 35.2 Å². The molecule has 1 atom stereocenters. The van der Waals surface area contributed by atoms with Crippen molar-refractivity contribution in [1.29, 1.82) is 0 Å². The van der Waals surface area contributed by atoms with Crippen molar-refractivity contribution in [3.05, 3.63) is 58.6 Å². The number of nitrogens with two attached hydrogens (primary N) is 1. The summed E-state index contributed by atoms with van der Waals surface area (Å²) in [6, 6.07) is 7.60. The van der Waals surface area contributed by atoms with Gasteiger partial charge in [-0.3, -0.25) is 0 Å². The molecule has 2 aromatic rings. The van der Waals surface area contributed by atoms with Crippen LogP contribution in [0.15, 0.2) is 36.4 Å². The minimum absolute atomic E-state index is 0.190. The summed E-state index contributed by atoms with van der Waals surface area (Å²) in [7, 11) is 0. The largest absolute Gasteiger partial charge is 0.454 e. The van der Waals surface area contributed by atoms with E-state index in [0.29, 0.717) is 10.8 Å². The average Bonchev–Trinajstić information content (AvgIpc) is 2.33. The number of hydrogen-bond donors (Lipinski definition) is 1. The molecule has 5 heteroatoms.